The van der Waals surface area contributed by atoms with E-state index in [4.69, 9.17) is 9.84 Å². The van der Waals surface area contributed by atoms with Gasteiger partial charge in [0.2, 0.25) is 10.0 Å². The number of benzene rings is 1. The highest BCUT2D eigenvalue weighted by Crippen LogP contribution is 2.27. The van der Waals surface area contributed by atoms with Gasteiger partial charge in [0, 0.05) is 55.2 Å². The normalized spacial score (nSPS) is 15.2. The Morgan fingerprint density at radius 1 is 1.23 bits per heavy atom. The van der Waals surface area contributed by atoms with Crippen molar-refractivity contribution in [2.45, 2.75) is 43.5 Å². The maximum atomic E-state index is 13.0. The molecule has 2 aromatic heterocycles. The van der Waals surface area contributed by atoms with Crippen molar-refractivity contribution < 1.29 is 23.1 Å². The zero-order valence-electron chi connectivity index (χ0n) is 17.6. The zero-order valence-corrected chi connectivity index (χ0v) is 18.4. The molecule has 0 bridgehead atoms. The Hall–Kier alpha value is -2.69. The molecule has 3 heterocycles. The van der Waals surface area contributed by atoms with Crippen LogP contribution in [0.25, 0.3) is 21.8 Å². The van der Waals surface area contributed by atoms with Gasteiger partial charge in [0.05, 0.1) is 4.90 Å². The molecule has 4 rings (SSSR count). The van der Waals surface area contributed by atoms with Crippen molar-refractivity contribution in [3.05, 3.63) is 40.8 Å². The molecule has 0 aliphatic carbocycles. The fourth-order valence-electron chi connectivity index (χ4n) is 3.61. The molecule has 10 heteroatoms. The lowest BCUT2D eigenvalue weighted by atomic mass is 10.1. The number of H-pyrrole nitrogens is 2. The monoisotopic (exact) mass is 449 g/mol. The van der Waals surface area contributed by atoms with E-state index >= 15 is 0 Å². The highest BCUT2D eigenvalue weighted by molar-refractivity contribution is 7.89. The number of hydrogen-bond donors (Lipinski definition) is 3. The van der Waals surface area contributed by atoms with E-state index in [-0.39, 0.29) is 16.5 Å². The van der Waals surface area contributed by atoms with Gasteiger partial charge < -0.3 is 19.8 Å². The average Bonchev–Trinajstić information content (AvgIpc) is 3.25. The van der Waals surface area contributed by atoms with Gasteiger partial charge in [-0.15, -0.1) is 0 Å². The van der Waals surface area contributed by atoms with Gasteiger partial charge >= 0.3 is 5.97 Å². The zero-order chi connectivity index (χ0) is 22.6. The number of nitrogens with one attached hydrogen (secondary N) is 2. The Labute approximate surface area is 180 Å². The summed E-state index contributed by atoms with van der Waals surface area (Å²) in [4.78, 5) is 27.5. The van der Waals surface area contributed by atoms with Gasteiger partial charge in [0.25, 0.3) is 5.56 Å². The van der Waals surface area contributed by atoms with E-state index in [1.54, 1.807) is 37.5 Å². The van der Waals surface area contributed by atoms with Crippen LogP contribution >= 0.6 is 0 Å². The first-order valence-corrected chi connectivity index (χ1v) is 11.6. The van der Waals surface area contributed by atoms with Crippen LogP contribution in [0.15, 0.2) is 40.2 Å². The highest BCUT2D eigenvalue weighted by atomic mass is 32.2. The van der Waals surface area contributed by atoms with Crippen molar-refractivity contribution in [3.8, 4) is 0 Å². The topological polar surface area (TPSA) is 133 Å². The summed E-state index contributed by atoms with van der Waals surface area (Å²) in [5, 5.41) is 9.33. The third-order valence-electron chi connectivity index (χ3n) is 5.35. The summed E-state index contributed by atoms with van der Waals surface area (Å²) in [6.45, 7) is 3.00. The van der Waals surface area contributed by atoms with Crippen molar-refractivity contribution in [2.75, 3.05) is 20.3 Å². The van der Waals surface area contributed by atoms with Gasteiger partial charge in [-0.25, -0.2) is 8.42 Å². The molecule has 3 N–H and O–H groups in total. The summed E-state index contributed by atoms with van der Waals surface area (Å²) in [7, 11) is -2.00. The maximum Gasteiger partial charge on any atom is 0.303 e. The Balaban J connectivity index is 0.000000401. The summed E-state index contributed by atoms with van der Waals surface area (Å²) < 4.78 is 32.8. The molecule has 0 atom stereocenters. The van der Waals surface area contributed by atoms with E-state index in [0.717, 1.165) is 6.42 Å². The van der Waals surface area contributed by atoms with Crippen LogP contribution in [0.4, 0.5) is 0 Å². The molecule has 0 amide bonds. The van der Waals surface area contributed by atoms with Crippen molar-refractivity contribution in [3.63, 3.8) is 0 Å². The van der Waals surface area contributed by atoms with Crippen LogP contribution in [0.5, 0.6) is 0 Å². The number of ether oxygens (including phenoxy) is 1. The third kappa shape index (κ3) is 4.97. The SMILES string of the molecule is CCCC(=O)O.CN(C1CCOCC1)S(=O)(=O)c1ccc2[nH]c(=O)c3[nH]ccc3c2c1. The van der Waals surface area contributed by atoms with Crippen LogP contribution < -0.4 is 5.56 Å². The Morgan fingerprint density at radius 3 is 2.55 bits per heavy atom. The van der Waals surface area contributed by atoms with E-state index in [1.165, 1.54) is 4.31 Å². The van der Waals surface area contributed by atoms with Crippen molar-refractivity contribution in [2.24, 2.45) is 0 Å². The molecule has 1 fully saturated rings. The quantitative estimate of drug-likeness (QED) is 0.549. The first-order valence-electron chi connectivity index (χ1n) is 10.2. The molecule has 0 unspecified atom stereocenters. The predicted molar refractivity (Wildman–Crippen MR) is 118 cm³/mol. The molecule has 1 aromatic carbocycles. The Morgan fingerprint density at radius 2 is 1.94 bits per heavy atom. The smallest absolute Gasteiger partial charge is 0.303 e. The molecule has 0 saturated carbocycles. The van der Waals surface area contributed by atoms with Crippen molar-refractivity contribution >= 4 is 37.8 Å². The van der Waals surface area contributed by atoms with Gasteiger partial charge in [-0.3, -0.25) is 9.59 Å². The molecule has 1 aliphatic heterocycles. The molecule has 168 valence electrons. The number of rotatable bonds is 5. The summed E-state index contributed by atoms with van der Waals surface area (Å²) in [6, 6.07) is 6.55. The number of aromatic amines is 2. The maximum absolute atomic E-state index is 13.0. The van der Waals surface area contributed by atoms with E-state index in [2.05, 4.69) is 9.97 Å². The van der Waals surface area contributed by atoms with Gasteiger partial charge in [-0.1, -0.05) is 6.92 Å². The summed E-state index contributed by atoms with van der Waals surface area (Å²) in [5.41, 5.74) is 0.840. The fourth-order valence-corrected chi connectivity index (χ4v) is 5.05. The number of carboxylic acids is 1. The molecular weight excluding hydrogens is 422 g/mol. The Bertz CT molecular complexity index is 1220. The van der Waals surface area contributed by atoms with Gasteiger partial charge in [-0.05, 0) is 43.5 Å². The summed E-state index contributed by atoms with van der Waals surface area (Å²) in [5.74, 6) is -0.711. The van der Waals surface area contributed by atoms with Crippen LogP contribution in [0, 0.1) is 0 Å². The number of aliphatic carboxylic acids is 1. The second-order valence-corrected chi connectivity index (χ2v) is 9.43. The molecule has 0 radical (unpaired) electrons. The van der Waals surface area contributed by atoms with Gasteiger partial charge in [0.15, 0.2) is 0 Å². The molecule has 0 spiro atoms. The van der Waals surface area contributed by atoms with Crippen molar-refractivity contribution in [1.82, 2.24) is 14.3 Å². The standard InChI is InChI=1S/C17H19N3O4S.C4H8O2/c1-20(11-5-8-24-9-6-11)25(22,23)12-2-3-15-14(10-12)13-4-7-18-16(13)17(21)19-15;1-2-3-4(5)6/h2-4,7,10-11,18H,5-6,8-9H2,1H3,(H,19,21);2-3H2,1H3,(H,5,6). The van der Waals surface area contributed by atoms with Crippen LogP contribution in [0.2, 0.25) is 0 Å². The second kappa shape index (κ2) is 9.63. The molecule has 3 aromatic rings. The highest BCUT2D eigenvalue weighted by Gasteiger charge is 2.29. The van der Waals surface area contributed by atoms with Crippen molar-refractivity contribution in [1.29, 1.82) is 0 Å². The first-order chi connectivity index (χ1) is 14.8. The van der Waals surface area contributed by atoms with Crippen LogP contribution in [-0.4, -0.2) is 60.1 Å². The lowest BCUT2D eigenvalue weighted by molar-refractivity contribution is -0.137. The molecule has 1 saturated heterocycles. The van der Waals surface area contributed by atoms with Crippen LogP contribution in [-0.2, 0) is 19.6 Å². The summed E-state index contributed by atoms with van der Waals surface area (Å²) >= 11 is 0. The average molecular weight is 450 g/mol. The molecule has 1 aliphatic rings. The predicted octanol–water partition coefficient (Wildman–Crippen LogP) is 2.68. The number of carboxylic acid groups (broad SMARTS) is 1. The fraction of sp³-hybridized carbons (Fsp3) is 0.429. The molecule has 9 nitrogen and oxygen atoms in total. The van der Waals surface area contributed by atoms with Gasteiger partial charge in [0.1, 0.15) is 5.52 Å². The van der Waals surface area contributed by atoms with E-state index in [9.17, 15) is 18.0 Å². The minimum absolute atomic E-state index is 0.0581. The number of sulfonamides is 1. The van der Waals surface area contributed by atoms with Crippen LogP contribution in [0.1, 0.15) is 32.6 Å². The largest absolute Gasteiger partial charge is 0.481 e. The van der Waals surface area contributed by atoms with Crippen LogP contribution in [0.3, 0.4) is 0 Å². The van der Waals surface area contributed by atoms with E-state index < -0.39 is 16.0 Å². The van der Waals surface area contributed by atoms with E-state index in [1.807, 2.05) is 6.92 Å². The number of carbonyl (C=O) groups is 1. The number of pyridine rings is 1. The second-order valence-electron chi connectivity index (χ2n) is 7.44. The Kier molecular flexibility index (Phi) is 7.14. The minimum atomic E-state index is -3.62. The molecule has 31 heavy (non-hydrogen) atoms. The van der Waals surface area contributed by atoms with Gasteiger partial charge in [-0.2, -0.15) is 4.31 Å². The lowest BCUT2D eigenvalue weighted by Gasteiger charge is -2.30. The first kappa shape index (κ1) is 23.0. The number of nitrogens with zero attached hydrogens (tertiary/aromatic N) is 1. The third-order valence-corrected chi connectivity index (χ3v) is 7.26. The number of hydrogen-bond acceptors (Lipinski definition) is 5. The lowest BCUT2D eigenvalue weighted by Crippen LogP contribution is -2.40. The number of aromatic nitrogens is 2. The summed E-state index contributed by atoms with van der Waals surface area (Å²) in [6.07, 6.45) is 4.08. The van der Waals surface area contributed by atoms with E-state index in [0.29, 0.717) is 54.3 Å². The molecular formula is C21H27N3O6S. The number of fused-ring (bicyclic) bond motifs is 3. The minimum Gasteiger partial charge on any atom is -0.481 e.